The number of nitrogens with zero attached hydrogens (tertiary/aromatic N) is 1. The lowest BCUT2D eigenvalue weighted by Crippen LogP contribution is -2.44. The van der Waals surface area contributed by atoms with Crippen LogP contribution < -0.4 is 0 Å². The van der Waals surface area contributed by atoms with Crippen LogP contribution in [0.4, 0.5) is 4.39 Å². The largest absolute Gasteiger partial charge is 0.456 e. The van der Waals surface area contributed by atoms with Gasteiger partial charge in [-0.05, 0) is 44.0 Å². The summed E-state index contributed by atoms with van der Waals surface area (Å²) < 4.78 is 17.9. The predicted molar refractivity (Wildman–Crippen MR) is 88.5 cm³/mol. The molecule has 1 saturated carbocycles. The second-order valence-electron chi connectivity index (χ2n) is 6.76. The Labute approximate surface area is 150 Å². The third kappa shape index (κ3) is 3.38. The molecule has 2 aliphatic rings. The summed E-state index contributed by atoms with van der Waals surface area (Å²) in [7, 11) is 0. The molecule has 1 aliphatic heterocycles. The van der Waals surface area contributed by atoms with Crippen LogP contribution >= 0.6 is 0 Å². The van der Waals surface area contributed by atoms with E-state index in [9.17, 15) is 23.6 Å². The third-order valence-electron chi connectivity index (χ3n) is 5.12. The normalized spacial score (nSPS) is 23.5. The summed E-state index contributed by atoms with van der Waals surface area (Å²) in [6.07, 6.45) is 3.13. The summed E-state index contributed by atoms with van der Waals surface area (Å²) in [6, 6.07) is 3.81. The van der Waals surface area contributed by atoms with Crippen molar-refractivity contribution in [1.29, 1.82) is 0 Å². The number of carbonyl (C=O) groups is 4. The minimum absolute atomic E-state index is 0.214. The molecule has 0 aromatic heterocycles. The highest BCUT2D eigenvalue weighted by molar-refractivity contribution is 6.08. The molecule has 0 N–H and O–H groups in total. The van der Waals surface area contributed by atoms with Crippen LogP contribution in [0, 0.1) is 17.7 Å². The summed E-state index contributed by atoms with van der Waals surface area (Å²) in [5, 5.41) is 0. The number of hydrogen-bond donors (Lipinski definition) is 0. The molecule has 1 aromatic rings. The number of likely N-dealkylation sites (tertiary alicyclic amines) is 1. The van der Waals surface area contributed by atoms with Gasteiger partial charge in [0.1, 0.15) is 11.9 Å². The SMILES string of the molecule is C[C@@H](C(=O)OCC(=O)c1ccc(F)cc1)N1C(=O)[C@@H]2CCCC[C@H]2C1=O. The second kappa shape index (κ2) is 7.35. The summed E-state index contributed by atoms with van der Waals surface area (Å²) >= 11 is 0. The number of rotatable bonds is 5. The molecule has 26 heavy (non-hydrogen) atoms. The molecule has 1 heterocycles. The number of halogens is 1. The Balaban J connectivity index is 1.61. The number of imide groups is 1. The average Bonchev–Trinajstić information content (AvgIpc) is 2.90. The van der Waals surface area contributed by atoms with Crippen molar-refractivity contribution in [3.63, 3.8) is 0 Å². The lowest BCUT2D eigenvalue weighted by Gasteiger charge is -2.21. The van der Waals surface area contributed by atoms with Gasteiger partial charge in [-0.2, -0.15) is 0 Å². The molecule has 0 unspecified atom stereocenters. The lowest BCUT2D eigenvalue weighted by atomic mass is 9.81. The van der Waals surface area contributed by atoms with Gasteiger partial charge in [-0.25, -0.2) is 9.18 Å². The summed E-state index contributed by atoms with van der Waals surface area (Å²) in [4.78, 5) is 50.2. The van der Waals surface area contributed by atoms with E-state index in [4.69, 9.17) is 4.74 Å². The average molecular weight is 361 g/mol. The summed E-state index contributed by atoms with van der Waals surface area (Å²) in [6.45, 7) is 0.899. The number of fused-ring (bicyclic) bond motifs is 1. The molecule has 2 amide bonds. The summed E-state index contributed by atoms with van der Waals surface area (Å²) in [5.41, 5.74) is 0.214. The Morgan fingerprint density at radius 3 is 2.19 bits per heavy atom. The molecule has 138 valence electrons. The predicted octanol–water partition coefficient (Wildman–Crippen LogP) is 2.12. The van der Waals surface area contributed by atoms with Gasteiger partial charge >= 0.3 is 5.97 Å². The summed E-state index contributed by atoms with van der Waals surface area (Å²) in [5.74, 6) is -3.10. The lowest BCUT2D eigenvalue weighted by molar-refractivity contribution is -0.157. The quantitative estimate of drug-likeness (QED) is 0.456. The van der Waals surface area contributed by atoms with Crippen LogP contribution in [-0.4, -0.2) is 41.1 Å². The van der Waals surface area contributed by atoms with Crippen molar-refractivity contribution in [3.8, 4) is 0 Å². The number of esters is 1. The molecule has 1 saturated heterocycles. The van der Waals surface area contributed by atoms with E-state index >= 15 is 0 Å². The molecule has 3 atom stereocenters. The fraction of sp³-hybridized carbons (Fsp3) is 0.474. The van der Waals surface area contributed by atoms with Crippen molar-refractivity contribution in [1.82, 2.24) is 4.90 Å². The molecular formula is C19H20FNO5. The number of ketones is 1. The van der Waals surface area contributed by atoms with Gasteiger partial charge in [-0.1, -0.05) is 12.8 Å². The Kier molecular flexibility index (Phi) is 5.15. The zero-order valence-electron chi connectivity index (χ0n) is 14.4. The standard InChI is InChI=1S/C19H20FNO5/c1-11(21-17(23)14-4-2-3-5-15(14)18(21)24)19(25)26-10-16(22)12-6-8-13(20)9-7-12/h6-9,11,14-15H,2-5,10H2,1H3/t11-,14+,15+/m0/s1. The highest BCUT2D eigenvalue weighted by Gasteiger charge is 2.51. The van der Waals surface area contributed by atoms with E-state index in [1.165, 1.54) is 19.1 Å². The topological polar surface area (TPSA) is 80.8 Å². The van der Waals surface area contributed by atoms with Crippen molar-refractivity contribution in [2.45, 2.75) is 38.6 Å². The van der Waals surface area contributed by atoms with Gasteiger partial charge in [0.2, 0.25) is 11.8 Å². The van der Waals surface area contributed by atoms with E-state index in [0.717, 1.165) is 29.9 Å². The van der Waals surface area contributed by atoms with Crippen LogP contribution in [0.2, 0.25) is 0 Å². The van der Waals surface area contributed by atoms with Crippen molar-refractivity contribution in [3.05, 3.63) is 35.6 Å². The first-order chi connectivity index (χ1) is 12.4. The first kappa shape index (κ1) is 18.2. The number of carbonyl (C=O) groups excluding carboxylic acids is 4. The van der Waals surface area contributed by atoms with Crippen molar-refractivity contribution < 1.29 is 28.3 Å². The number of ether oxygens (including phenoxy) is 1. The van der Waals surface area contributed by atoms with Crippen molar-refractivity contribution in [2.24, 2.45) is 11.8 Å². The van der Waals surface area contributed by atoms with E-state index in [2.05, 4.69) is 0 Å². The number of Topliss-reactive ketones (excluding diaryl/α,β-unsaturated/α-hetero) is 1. The van der Waals surface area contributed by atoms with Gasteiger partial charge in [0.25, 0.3) is 0 Å². The minimum Gasteiger partial charge on any atom is -0.456 e. The van der Waals surface area contributed by atoms with Crippen molar-refractivity contribution in [2.75, 3.05) is 6.61 Å². The van der Waals surface area contributed by atoms with Crippen LogP contribution in [0.5, 0.6) is 0 Å². The van der Waals surface area contributed by atoms with Gasteiger partial charge in [-0.15, -0.1) is 0 Å². The molecule has 1 aromatic carbocycles. The number of benzene rings is 1. The molecule has 0 bridgehead atoms. The van der Waals surface area contributed by atoms with E-state index < -0.39 is 30.2 Å². The second-order valence-corrected chi connectivity index (χ2v) is 6.76. The Morgan fingerprint density at radius 2 is 1.65 bits per heavy atom. The van der Waals surface area contributed by atoms with E-state index in [1.807, 2.05) is 0 Å². The van der Waals surface area contributed by atoms with E-state index in [1.54, 1.807) is 0 Å². The number of hydrogen-bond acceptors (Lipinski definition) is 5. The first-order valence-electron chi connectivity index (χ1n) is 8.72. The maximum atomic E-state index is 12.9. The van der Waals surface area contributed by atoms with Crippen LogP contribution in [0.3, 0.4) is 0 Å². The molecule has 0 spiro atoms. The molecular weight excluding hydrogens is 341 g/mol. The van der Waals surface area contributed by atoms with Gasteiger partial charge in [-0.3, -0.25) is 19.3 Å². The molecule has 7 heteroatoms. The van der Waals surface area contributed by atoms with E-state index in [0.29, 0.717) is 12.8 Å². The zero-order chi connectivity index (χ0) is 18.8. The molecule has 6 nitrogen and oxygen atoms in total. The Hall–Kier alpha value is -2.57. The highest BCUT2D eigenvalue weighted by atomic mass is 19.1. The van der Waals surface area contributed by atoms with Gasteiger partial charge in [0.15, 0.2) is 12.4 Å². The van der Waals surface area contributed by atoms with Gasteiger partial charge < -0.3 is 4.74 Å². The van der Waals surface area contributed by atoms with Crippen LogP contribution in [0.1, 0.15) is 43.0 Å². The maximum Gasteiger partial charge on any atom is 0.329 e. The monoisotopic (exact) mass is 361 g/mol. The van der Waals surface area contributed by atoms with Crippen LogP contribution in [-0.2, 0) is 19.1 Å². The Bertz CT molecular complexity index is 721. The Morgan fingerprint density at radius 1 is 1.12 bits per heavy atom. The van der Waals surface area contributed by atoms with Crippen LogP contribution in [0.15, 0.2) is 24.3 Å². The van der Waals surface area contributed by atoms with Gasteiger partial charge in [0, 0.05) is 5.56 Å². The molecule has 1 aliphatic carbocycles. The highest BCUT2D eigenvalue weighted by Crippen LogP contribution is 2.38. The zero-order valence-corrected chi connectivity index (χ0v) is 14.4. The maximum absolute atomic E-state index is 12.9. The van der Waals surface area contributed by atoms with Crippen LogP contribution in [0.25, 0.3) is 0 Å². The van der Waals surface area contributed by atoms with Crippen molar-refractivity contribution >= 4 is 23.6 Å². The first-order valence-corrected chi connectivity index (χ1v) is 8.72. The smallest absolute Gasteiger partial charge is 0.329 e. The molecule has 0 radical (unpaired) electrons. The fourth-order valence-electron chi connectivity index (χ4n) is 3.65. The fourth-order valence-corrected chi connectivity index (χ4v) is 3.65. The third-order valence-corrected chi connectivity index (χ3v) is 5.12. The molecule has 3 rings (SSSR count). The minimum atomic E-state index is -1.07. The van der Waals surface area contributed by atoms with Gasteiger partial charge in [0.05, 0.1) is 11.8 Å². The van der Waals surface area contributed by atoms with E-state index in [-0.39, 0.29) is 29.2 Å². The number of amides is 2. The molecule has 2 fully saturated rings.